The van der Waals surface area contributed by atoms with Gasteiger partial charge in [-0.25, -0.2) is 4.79 Å². The summed E-state index contributed by atoms with van der Waals surface area (Å²) in [5, 5.41) is 4.20. The van der Waals surface area contributed by atoms with Crippen LogP contribution in [0, 0.1) is 0 Å². The minimum atomic E-state index is -0.697. The van der Waals surface area contributed by atoms with Crippen LogP contribution in [0.1, 0.15) is 11.6 Å². The Morgan fingerprint density at radius 2 is 1.86 bits per heavy atom. The molecule has 1 N–H and O–H groups in total. The van der Waals surface area contributed by atoms with Gasteiger partial charge in [0.1, 0.15) is 0 Å². The Morgan fingerprint density at radius 3 is 2.43 bits per heavy atom. The topological polar surface area (TPSA) is 38.3 Å². The average molecular weight is 389 g/mol. The van der Waals surface area contributed by atoms with Gasteiger partial charge in [0.05, 0.1) is 7.11 Å². The molecule has 0 saturated heterocycles. The summed E-state index contributed by atoms with van der Waals surface area (Å²) in [6, 6.07) is 11.7. The molecule has 0 aliphatic heterocycles. The van der Waals surface area contributed by atoms with Crippen LogP contribution in [0.3, 0.4) is 0 Å². The lowest BCUT2D eigenvalue weighted by molar-refractivity contribution is -0.141. The van der Waals surface area contributed by atoms with E-state index in [2.05, 4.69) is 21.2 Å². The van der Waals surface area contributed by atoms with E-state index in [0.29, 0.717) is 15.6 Å². The fourth-order valence-corrected chi connectivity index (χ4v) is 2.74. The number of nitrogens with one attached hydrogen (secondary N) is 1. The van der Waals surface area contributed by atoms with Crippen molar-refractivity contribution in [1.29, 1.82) is 0 Å². The molecule has 0 aromatic heterocycles. The number of anilines is 1. The number of halogens is 3. The van der Waals surface area contributed by atoms with Crippen LogP contribution in [0.5, 0.6) is 0 Å². The van der Waals surface area contributed by atoms with Crippen molar-refractivity contribution >= 4 is 50.8 Å². The molecule has 0 aliphatic carbocycles. The third-order valence-electron chi connectivity index (χ3n) is 2.87. The minimum Gasteiger partial charge on any atom is -0.467 e. The molecule has 1 unspecified atom stereocenters. The summed E-state index contributed by atoms with van der Waals surface area (Å²) in [6.07, 6.45) is 0. The third-order valence-corrected chi connectivity index (χ3v) is 3.94. The van der Waals surface area contributed by atoms with Crippen molar-refractivity contribution in [3.63, 3.8) is 0 Å². The molecule has 0 aliphatic rings. The summed E-state index contributed by atoms with van der Waals surface area (Å²) < 4.78 is 5.69. The van der Waals surface area contributed by atoms with Crippen LogP contribution in [0.15, 0.2) is 46.9 Å². The van der Waals surface area contributed by atoms with Gasteiger partial charge >= 0.3 is 5.97 Å². The van der Waals surface area contributed by atoms with Crippen molar-refractivity contribution in [2.45, 2.75) is 6.04 Å². The van der Waals surface area contributed by atoms with Gasteiger partial charge in [0, 0.05) is 25.8 Å². The molecule has 0 spiro atoms. The fourth-order valence-electron chi connectivity index (χ4n) is 1.83. The van der Waals surface area contributed by atoms with E-state index in [-0.39, 0.29) is 0 Å². The Bertz CT molecular complexity index is 647. The summed E-state index contributed by atoms with van der Waals surface area (Å²) in [6.45, 7) is 0. The summed E-state index contributed by atoms with van der Waals surface area (Å²) in [7, 11) is 1.34. The average Bonchev–Trinajstić information content (AvgIpc) is 2.47. The van der Waals surface area contributed by atoms with E-state index in [1.165, 1.54) is 7.11 Å². The van der Waals surface area contributed by atoms with E-state index >= 15 is 0 Å². The van der Waals surface area contributed by atoms with Crippen molar-refractivity contribution in [3.8, 4) is 0 Å². The summed E-state index contributed by atoms with van der Waals surface area (Å²) in [4.78, 5) is 12.0. The van der Waals surface area contributed by atoms with Crippen molar-refractivity contribution < 1.29 is 9.53 Å². The summed E-state index contributed by atoms with van der Waals surface area (Å²) >= 11 is 15.4. The molecule has 3 nitrogen and oxygen atoms in total. The summed E-state index contributed by atoms with van der Waals surface area (Å²) in [5.74, 6) is -0.422. The van der Waals surface area contributed by atoms with Crippen LogP contribution in [0.2, 0.25) is 10.0 Å². The van der Waals surface area contributed by atoms with Crippen LogP contribution in [-0.2, 0) is 9.53 Å². The Labute approximate surface area is 141 Å². The molecule has 0 amide bonds. The number of hydrogen-bond acceptors (Lipinski definition) is 3. The second-order valence-electron chi connectivity index (χ2n) is 4.27. The fraction of sp³-hybridized carbons (Fsp3) is 0.133. The Kier molecular flexibility index (Phi) is 5.51. The minimum absolute atomic E-state index is 0.422. The number of hydrogen-bond donors (Lipinski definition) is 1. The van der Waals surface area contributed by atoms with E-state index in [1.54, 1.807) is 36.4 Å². The predicted molar refractivity (Wildman–Crippen MR) is 89.0 cm³/mol. The highest BCUT2D eigenvalue weighted by Crippen LogP contribution is 2.30. The monoisotopic (exact) mass is 387 g/mol. The lowest BCUT2D eigenvalue weighted by Gasteiger charge is -2.19. The molecule has 110 valence electrons. The molecule has 21 heavy (non-hydrogen) atoms. The molecular formula is C15H12BrCl2NO2. The maximum Gasteiger partial charge on any atom is 0.333 e. The van der Waals surface area contributed by atoms with Gasteiger partial charge in [-0.15, -0.1) is 0 Å². The van der Waals surface area contributed by atoms with Crippen molar-refractivity contribution in [1.82, 2.24) is 0 Å². The number of carbonyl (C=O) groups is 1. The van der Waals surface area contributed by atoms with Crippen LogP contribution in [0.25, 0.3) is 0 Å². The number of ether oxygens (including phenoxy) is 1. The first-order valence-electron chi connectivity index (χ1n) is 6.06. The zero-order valence-electron chi connectivity index (χ0n) is 11.1. The first kappa shape index (κ1) is 16.1. The SMILES string of the molecule is COC(=O)C(Nc1ccc(Cl)cc1)c1ccc(Br)cc1Cl. The van der Waals surface area contributed by atoms with Crippen LogP contribution < -0.4 is 5.32 Å². The van der Waals surface area contributed by atoms with E-state index in [1.807, 2.05) is 6.07 Å². The molecule has 2 rings (SSSR count). The van der Waals surface area contributed by atoms with Crippen LogP contribution in [0.4, 0.5) is 5.69 Å². The maximum absolute atomic E-state index is 12.0. The smallest absolute Gasteiger partial charge is 0.333 e. The van der Waals surface area contributed by atoms with E-state index in [4.69, 9.17) is 27.9 Å². The quantitative estimate of drug-likeness (QED) is 0.742. The zero-order valence-corrected chi connectivity index (χ0v) is 14.2. The maximum atomic E-state index is 12.0. The van der Waals surface area contributed by atoms with Crippen molar-refractivity contribution in [2.75, 3.05) is 12.4 Å². The van der Waals surface area contributed by atoms with Gasteiger partial charge in [0.25, 0.3) is 0 Å². The van der Waals surface area contributed by atoms with Gasteiger partial charge in [-0.05, 0) is 36.4 Å². The Hall–Kier alpha value is -1.23. The van der Waals surface area contributed by atoms with Crippen molar-refractivity contribution in [2.24, 2.45) is 0 Å². The van der Waals surface area contributed by atoms with Gasteiger partial charge in [-0.2, -0.15) is 0 Å². The van der Waals surface area contributed by atoms with Gasteiger partial charge in [-0.3, -0.25) is 0 Å². The molecule has 1 atom stereocenters. The molecule has 0 fully saturated rings. The third kappa shape index (κ3) is 4.13. The normalized spacial score (nSPS) is 11.8. The van der Waals surface area contributed by atoms with Gasteiger partial charge in [0.15, 0.2) is 6.04 Å². The standard InChI is InChI=1S/C15H12BrCl2NO2/c1-21-15(20)14(12-7-2-9(16)8-13(12)18)19-11-5-3-10(17)4-6-11/h2-8,14,19H,1H3. The highest BCUT2D eigenvalue weighted by molar-refractivity contribution is 9.10. The largest absolute Gasteiger partial charge is 0.467 e. The van der Waals surface area contributed by atoms with E-state index in [9.17, 15) is 4.79 Å². The number of carbonyl (C=O) groups excluding carboxylic acids is 1. The number of rotatable bonds is 4. The second kappa shape index (κ2) is 7.16. The zero-order chi connectivity index (χ0) is 15.4. The van der Waals surface area contributed by atoms with Gasteiger partial charge in [-0.1, -0.05) is 45.2 Å². The molecule has 2 aromatic rings. The lowest BCUT2D eigenvalue weighted by Crippen LogP contribution is -2.22. The molecule has 0 heterocycles. The van der Waals surface area contributed by atoms with Crippen LogP contribution >= 0.6 is 39.1 Å². The number of esters is 1. The highest BCUT2D eigenvalue weighted by Gasteiger charge is 2.23. The predicted octanol–water partition coefficient (Wildman–Crippen LogP) is 5.08. The van der Waals surface area contributed by atoms with E-state index in [0.717, 1.165) is 10.2 Å². The lowest BCUT2D eigenvalue weighted by atomic mass is 10.1. The van der Waals surface area contributed by atoms with Gasteiger partial charge < -0.3 is 10.1 Å². The first-order valence-corrected chi connectivity index (χ1v) is 7.61. The number of benzene rings is 2. The highest BCUT2D eigenvalue weighted by atomic mass is 79.9. The van der Waals surface area contributed by atoms with Crippen LogP contribution in [-0.4, -0.2) is 13.1 Å². The second-order valence-corrected chi connectivity index (χ2v) is 6.03. The van der Waals surface area contributed by atoms with Crippen molar-refractivity contribution in [3.05, 3.63) is 62.5 Å². The van der Waals surface area contributed by atoms with E-state index < -0.39 is 12.0 Å². The first-order chi connectivity index (χ1) is 10.0. The molecule has 6 heteroatoms. The Balaban J connectivity index is 2.34. The molecular weight excluding hydrogens is 377 g/mol. The molecule has 2 aromatic carbocycles. The van der Waals surface area contributed by atoms with Gasteiger partial charge in [0.2, 0.25) is 0 Å². The summed E-state index contributed by atoms with van der Waals surface area (Å²) in [5.41, 5.74) is 1.38. The molecule has 0 bridgehead atoms. The Morgan fingerprint density at radius 1 is 1.19 bits per heavy atom. The molecule has 0 radical (unpaired) electrons. The molecule has 0 saturated carbocycles. The number of methoxy groups -OCH3 is 1.